The summed E-state index contributed by atoms with van der Waals surface area (Å²) in [5.74, 6) is 0. The molecule has 3 rings (SSSR count). The first-order valence-corrected chi connectivity index (χ1v) is 31.2. The third-order valence-electron chi connectivity index (χ3n) is 5.55. The van der Waals surface area contributed by atoms with Gasteiger partial charge in [0.2, 0.25) is 0 Å². The summed E-state index contributed by atoms with van der Waals surface area (Å²) in [5, 5.41) is 0. The van der Waals surface area contributed by atoms with Gasteiger partial charge in [-0.2, -0.15) is 0 Å². The number of nitrogens with zero attached hydrogens (tertiary/aromatic N) is 4. The summed E-state index contributed by atoms with van der Waals surface area (Å²) in [5.41, 5.74) is 2.94. The van der Waals surface area contributed by atoms with E-state index in [-0.39, 0.29) is 0 Å². The molecule has 0 unspecified atom stereocenters. The van der Waals surface area contributed by atoms with E-state index in [1.807, 2.05) is 0 Å². The minimum atomic E-state index is -1.71. The Morgan fingerprint density at radius 1 is 0.441 bits per heavy atom. The van der Waals surface area contributed by atoms with Crippen LogP contribution < -0.4 is 5.47 Å². The van der Waals surface area contributed by atoms with Crippen molar-refractivity contribution in [2.75, 3.05) is 5.47 Å². The molecule has 0 bridgehead atoms. The van der Waals surface area contributed by atoms with Gasteiger partial charge in [0.25, 0.3) is 0 Å². The van der Waals surface area contributed by atoms with Crippen molar-refractivity contribution in [3.63, 3.8) is 0 Å². The quantitative estimate of drug-likeness (QED) is 0.287. The van der Waals surface area contributed by atoms with Crippen LogP contribution in [0.15, 0.2) is 60.7 Å². The molecule has 0 spiro atoms. The first-order chi connectivity index (χ1) is 15.5. The van der Waals surface area contributed by atoms with E-state index < -0.39 is 63.6 Å². The Hall–Kier alpha value is -0.0556. The molecule has 1 aliphatic heterocycles. The van der Waals surface area contributed by atoms with Crippen molar-refractivity contribution in [2.45, 2.75) is 78.6 Å². The summed E-state index contributed by atoms with van der Waals surface area (Å²) in [6.45, 7) is 31.0. The number of benzene rings is 2. The fourth-order valence-corrected chi connectivity index (χ4v) is 61.4. The molecule has 0 radical (unpaired) electrons. The zero-order valence-corrected chi connectivity index (χ0v) is 31.2. The van der Waals surface area contributed by atoms with Crippen LogP contribution >= 0.6 is 0 Å². The molecule has 1 saturated heterocycles. The standard InChI is InChI=1S/C24H46As2N4Si4/c1-31(2,3)29(32(4,5)6)25-27(23-19-15-13-16-20-23)26(28(25)24-21-17-14-18-22-24)30(33(7,8)9)34(10,11)12/h13-22H,1-12H3. The van der Waals surface area contributed by atoms with E-state index >= 15 is 0 Å². The average Bonchev–Trinajstić information content (AvgIpc) is 2.64. The first kappa shape index (κ1) is 28.5. The molecule has 10 heteroatoms. The molecule has 34 heavy (non-hydrogen) atoms. The van der Waals surface area contributed by atoms with E-state index in [2.05, 4.69) is 151 Å². The predicted molar refractivity (Wildman–Crippen MR) is 166 cm³/mol. The van der Waals surface area contributed by atoms with Crippen LogP contribution in [0.2, 0.25) is 78.6 Å². The second kappa shape index (κ2) is 10.0. The van der Waals surface area contributed by atoms with Gasteiger partial charge in [0.1, 0.15) is 0 Å². The minimum absolute atomic E-state index is 1.47. The number of anilines is 2. The molecule has 0 amide bonds. The molecular weight excluding hydrogens is 606 g/mol. The second-order valence-corrected chi connectivity index (χ2v) is 46.7. The Kier molecular flexibility index (Phi) is 8.40. The van der Waals surface area contributed by atoms with Crippen LogP contribution in [-0.4, -0.2) is 69.9 Å². The molecule has 4 nitrogen and oxygen atoms in total. The average molecular weight is 653 g/mol. The van der Waals surface area contributed by atoms with Crippen LogP contribution in [0.4, 0.5) is 11.4 Å². The summed E-state index contributed by atoms with van der Waals surface area (Å²) in [6, 6.07) is 22.9. The van der Waals surface area contributed by atoms with Crippen molar-refractivity contribution in [3.8, 4) is 0 Å². The monoisotopic (exact) mass is 652 g/mol. The van der Waals surface area contributed by atoms with E-state index in [4.69, 9.17) is 0 Å². The number of rotatable bonds is 8. The van der Waals surface area contributed by atoms with Gasteiger partial charge in [-0.05, 0) is 0 Å². The molecule has 1 fully saturated rings. The van der Waals surface area contributed by atoms with Crippen LogP contribution in [0.5, 0.6) is 0 Å². The topological polar surface area (TPSA) is 13.0 Å². The van der Waals surface area contributed by atoms with Crippen molar-refractivity contribution < 1.29 is 0 Å². The van der Waals surface area contributed by atoms with Crippen molar-refractivity contribution in [2.24, 2.45) is 0 Å². The Bertz CT molecular complexity index is 838. The number of hydrogen-bond acceptors (Lipinski definition) is 4. The maximum atomic E-state index is 3.16. The number of para-hydroxylation sites is 2. The van der Waals surface area contributed by atoms with Crippen molar-refractivity contribution in [1.82, 2.24) is 6.30 Å². The summed E-state index contributed by atoms with van der Waals surface area (Å²) < 4.78 is 12.4. The Balaban J connectivity index is 2.32. The van der Waals surface area contributed by atoms with Gasteiger partial charge >= 0.3 is 226 Å². The Morgan fingerprint density at radius 2 is 0.676 bits per heavy atom. The van der Waals surface area contributed by atoms with Crippen LogP contribution in [0.3, 0.4) is 0 Å². The Morgan fingerprint density at radius 3 is 0.882 bits per heavy atom. The van der Waals surface area contributed by atoms with Crippen molar-refractivity contribution in [1.29, 1.82) is 0 Å². The summed E-state index contributed by atoms with van der Waals surface area (Å²) >= 11 is -3.42. The van der Waals surface area contributed by atoms with Gasteiger partial charge in [-0.25, -0.2) is 0 Å². The van der Waals surface area contributed by atoms with E-state index in [0.717, 1.165) is 0 Å². The normalized spacial score (nSPS) is 20.2. The molecular formula is C24H46As2N4Si4. The summed E-state index contributed by atoms with van der Waals surface area (Å²) in [4.78, 5) is 0. The van der Waals surface area contributed by atoms with Gasteiger partial charge in [-0.1, -0.05) is 0 Å². The molecule has 1 heterocycles. The molecule has 0 N–H and O–H groups in total. The third kappa shape index (κ3) is 5.91. The zero-order chi connectivity index (χ0) is 25.7. The first-order valence-electron chi connectivity index (χ1n) is 12.4. The van der Waals surface area contributed by atoms with Crippen LogP contribution in [0.25, 0.3) is 0 Å². The molecule has 2 aromatic rings. The number of hydrogen-bond donors (Lipinski definition) is 0. The van der Waals surface area contributed by atoms with Gasteiger partial charge in [-0.15, -0.1) is 0 Å². The Labute approximate surface area is 224 Å². The molecule has 0 saturated carbocycles. The van der Waals surface area contributed by atoms with E-state index in [1.54, 1.807) is 0 Å². The van der Waals surface area contributed by atoms with Gasteiger partial charge in [-0.3, -0.25) is 0 Å². The molecule has 2 aromatic carbocycles. The van der Waals surface area contributed by atoms with Crippen LogP contribution in [-0.2, 0) is 0 Å². The van der Waals surface area contributed by atoms with E-state index in [9.17, 15) is 0 Å². The van der Waals surface area contributed by atoms with Crippen LogP contribution in [0, 0.1) is 0 Å². The third-order valence-corrected chi connectivity index (χ3v) is 50.8. The van der Waals surface area contributed by atoms with Crippen molar-refractivity contribution >= 4 is 75.0 Å². The second-order valence-electron chi connectivity index (χ2n) is 13.1. The van der Waals surface area contributed by atoms with Gasteiger partial charge in [0.15, 0.2) is 0 Å². The maximum absolute atomic E-state index is 3.16. The van der Waals surface area contributed by atoms with Crippen LogP contribution in [0.1, 0.15) is 0 Å². The van der Waals surface area contributed by atoms with Gasteiger partial charge < -0.3 is 0 Å². The molecule has 0 aliphatic carbocycles. The summed E-state index contributed by atoms with van der Waals surface area (Å²) in [6.07, 6.45) is 0. The van der Waals surface area contributed by atoms with E-state index in [0.29, 0.717) is 0 Å². The zero-order valence-electron chi connectivity index (χ0n) is 23.5. The predicted octanol–water partition coefficient (Wildman–Crippen LogP) is 6.93. The fourth-order valence-electron chi connectivity index (χ4n) is 5.23. The molecule has 1 aliphatic rings. The SMILES string of the molecule is C[Si](C)(C)N([As]1N(c2ccccc2)[As](N([Si](C)(C)C)[Si](C)(C)C)N1c1ccccc1)[Si](C)(C)C. The van der Waals surface area contributed by atoms with Crippen molar-refractivity contribution in [3.05, 3.63) is 60.7 Å². The van der Waals surface area contributed by atoms with E-state index in [1.165, 1.54) is 11.4 Å². The molecule has 0 aromatic heterocycles. The molecule has 0 atom stereocenters. The summed E-state index contributed by atoms with van der Waals surface area (Å²) in [7, 11) is -6.23. The fraction of sp³-hybridized carbons (Fsp3) is 0.500. The van der Waals surface area contributed by atoms with Gasteiger partial charge in [0, 0.05) is 0 Å². The van der Waals surface area contributed by atoms with Gasteiger partial charge in [0.05, 0.1) is 0 Å². The molecule has 188 valence electrons.